The number of carbonyl (C=O) groups is 2. The molecule has 0 spiro atoms. The first-order chi connectivity index (χ1) is 11.7. The molecule has 0 unspecified atom stereocenters. The molecule has 1 aromatic rings. The molecule has 0 aliphatic carbocycles. The number of alkyl halides is 3. The summed E-state index contributed by atoms with van der Waals surface area (Å²) in [6, 6.07) is 4.82. The maximum Gasteiger partial charge on any atom is 0.442 e. The molecule has 1 aliphatic heterocycles. The lowest BCUT2D eigenvalue weighted by Crippen LogP contribution is -2.52. The van der Waals surface area contributed by atoms with Gasteiger partial charge in [0.15, 0.2) is 0 Å². The maximum absolute atomic E-state index is 12.2. The summed E-state index contributed by atoms with van der Waals surface area (Å²) in [6.45, 7) is 2.78. The number of nitrogens with one attached hydrogen (secondary N) is 1. The number of carbonyl (C=O) groups excluding carboxylic acids is 2. The molecule has 5 nitrogen and oxygen atoms in total. The third kappa shape index (κ3) is 6.00. The molecule has 25 heavy (non-hydrogen) atoms. The first-order valence-corrected chi connectivity index (χ1v) is 8.82. The molecule has 0 atom stereocenters. The van der Waals surface area contributed by atoms with Crippen LogP contribution in [0.25, 0.3) is 0 Å². The van der Waals surface area contributed by atoms with E-state index in [4.69, 9.17) is 11.6 Å². The van der Waals surface area contributed by atoms with Gasteiger partial charge in [0.25, 0.3) is 0 Å². The average molecular weight is 396 g/mol. The molecule has 0 bridgehead atoms. The zero-order valence-corrected chi connectivity index (χ0v) is 15.0. The standard InChI is InChI=1S/C15H17ClF3N3O2S/c1-10-2-3-11(8-12(10)16)20-14(24)22-6-4-21(5-7-22)13(23)9-25-15(17,18)19/h2-3,8H,4-7,9H2,1H3,(H,20,24). The maximum atomic E-state index is 12.2. The van der Waals surface area contributed by atoms with E-state index in [0.29, 0.717) is 10.7 Å². The Bertz CT molecular complexity index is 649. The number of hydrogen-bond acceptors (Lipinski definition) is 3. The Morgan fingerprint density at radius 3 is 2.36 bits per heavy atom. The minimum Gasteiger partial charge on any atom is -0.338 e. The summed E-state index contributed by atoms with van der Waals surface area (Å²) in [5.41, 5.74) is -2.98. The summed E-state index contributed by atoms with van der Waals surface area (Å²) < 4.78 is 36.4. The van der Waals surface area contributed by atoms with Crippen LogP contribution in [-0.2, 0) is 4.79 Å². The van der Waals surface area contributed by atoms with E-state index in [1.807, 2.05) is 6.92 Å². The summed E-state index contributed by atoms with van der Waals surface area (Å²) in [5.74, 6) is -1.22. The second kappa shape index (κ2) is 8.18. The molecule has 1 saturated heterocycles. The Balaban J connectivity index is 1.81. The van der Waals surface area contributed by atoms with E-state index in [0.717, 1.165) is 5.56 Å². The van der Waals surface area contributed by atoms with E-state index < -0.39 is 17.2 Å². The highest BCUT2D eigenvalue weighted by atomic mass is 35.5. The average Bonchev–Trinajstić information content (AvgIpc) is 2.55. The van der Waals surface area contributed by atoms with Crippen molar-refractivity contribution in [3.8, 4) is 0 Å². The van der Waals surface area contributed by atoms with Crippen LogP contribution in [0.5, 0.6) is 0 Å². The molecule has 0 aromatic heterocycles. The minimum atomic E-state index is -4.42. The van der Waals surface area contributed by atoms with Gasteiger partial charge in [-0.25, -0.2) is 4.79 Å². The number of benzene rings is 1. The van der Waals surface area contributed by atoms with Crippen molar-refractivity contribution in [2.24, 2.45) is 0 Å². The predicted molar refractivity (Wildman–Crippen MR) is 91.9 cm³/mol. The summed E-state index contributed by atoms with van der Waals surface area (Å²) >= 11 is 5.66. The molecular formula is C15H17ClF3N3O2S. The number of nitrogens with zero attached hydrogens (tertiary/aromatic N) is 2. The highest BCUT2D eigenvalue weighted by molar-refractivity contribution is 8.00. The topological polar surface area (TPSA) is 52.7 Å². The first kappa shape index (κ1) is 19.7. The van der Waals surface area contributed by atoms with Crippen molar-refractivity contribution in [2.45, 2.75) is 12.4 Å². The van der Waals surface area contributed by atoms with Crippen LogP contribution >= 0.6 is 23.4 Å². The Labute approximate surface area is 152 Å². The molecule has 1 heterocycles. The van der Waals surface area contributed by atoms with E-state index >= 15 is 0 Å². The van der Waals surface area contributed by atoms with Crippen molar-refractivity contribution >= 4 is 41.0 Å². The number of rotatable bonds is 3. The van der Waals surface area contributed by atoms with Gasteiger partial charge < -0.3 is 15.1 Å². The Hall–Kier alpha value is -1.61. The van der Waals surface area contributed by atoms with Crippen LogP contribution in [0.2, 0.25) is 5.02 Å². The molecule has 2 rings (SSSR count). The van der Waals surface area contributed by atoms with E-state index in [-0.39, 0.29) is 44.0 Å². The fourth-order valence-electron chi connectivity index (χ4n) is 2.27. The molecule has 1 N–H and O–H groups in total. The molecule has 1 aromatic carbocycles. The van der Waals surface area contributed by atoms with Crippen molar-refractivity contribution in [2.75, 3.05) is 37.2 Å². The lowest BCUT2D eigenvalue weighted by Gasteiger charge is -2.34. The van der Waals surface area contributed by atoms with Crippen LogP contribution in [0.3, 0.4) is 0 Å². The lowest BCUT2D eigenvalue weighted by molar-refractivity contribution is -0.129. The number of halogens is 4. The monoisotopic (exact) mass is 395 g/mol. The number of piperazine rings is 1. The largest absolute Gasteiger partial charge is 0.442 e. The number of anilines is 1. The highest BCUT2D eigenvalue weighted by Crippen LogP contribution is 2.30. The number of urea groups is 1. The van der Waals surface area contributed by atoms with Gasteiger partial charge in [-0.2, -0.15) is 13.2 Å². The van der Waals surface area contributed by atoms with Crippen LogP contribution in [0.15, 0.2) is 18.2 Å². The van der Waals surface area contributed by atoms with E-state index in [1.165, 1.54) is 9.80 Å². The van der Waals surface area contributed by atoms with Crippen molar-refractivity contribution < 1.29 is 22.8 Å². The number of amides is 3. The Morgan fingerprint density at radius 1 is 1.20 bits per heavy atom. The second-order valence-electron chi connectivity index (χ2n) is 5.50. The molecule has 3 amide bonds. The van der Waals surface area contributed by atoms with Gasteiger partial charge in [0.05, 0.1) is 5.75 Å². The van der Waals surface area contributed by atoms with Crippen molar-refractivity contribution in [1.29, 1.82) is 0 Å². The quantitative estimate of drug-likeness (QED) is 0.851. The SMILES string of the molecule is Cc1ccc(NC(=O)N2CCN(C(=O)CSC(F)(F)F)CC2)cc1Cl. The van der Waals surface area contributed by atoms with Gasteiger partial charge in [-0.3, -0.25) is 4.79 Å². The Kier molecular flexibility index (Phi) is 6.45. The third-order valence-corrected chi connectivity index (χ3v) is 4.83. The van der Waals surface area contributed by atoms with Gasteiger partial charge in [0, 0.05) is 36.9 Å². The van der Waals surface area contributed by atoms with Gasteiger partial charge >= 0.3 is 11.5 Å². The van der Waals surface area contributed by atoms with E-state index in [1.54, 1.807) is 18.2 Å². The van der Waals surface area contributed by atoms with Crippen LogP contribution in [-0.4, -0.2) is 59.2 Å². The molecule has 1 aliphatic rings. The lowest BCUT2D eigenvalue weighted by atomic mass is 10.2. The first-order valence-electron chi connectivity index (χ1n) is 7.46. The highest BCUT2D eigenvalue weighted by Gasteiger charge is 2.31. The number of aryl methyl sites for hydroxylation is 1. The predicted octanol–water partition coefficient (Wildman–Crippen LogP) is 3.58. The van der Waals surface area contributed by atoms with Crippen LogP contribution in [0, 0.1) is 6.92 Å². The number of hydrogen-bond donors (Lipinski definition) is 1. The fourth-order valence-corrected chi connectivity index (χ4v) is 2.92. The van der Waals surface area contributed by atoms with Crippen LogP contribution in [0.4, 0.5) is 23.7 Å². The molecule has 0 saturated carbocycles. The number of thioether (sulfide) groups is 1. The van der Waals surface area contributed by atoms with Crippen molar-refractivity contribution in [3.63, 3.8) is 0 Å². The summed E-state index contributed by atoms with van der Waals surface area (Å²) in [5, 5.41) is 3.25. The zero-order chi connectivity index (χ0) is 18.6. The molecule has 1 fully saturated rings. The van der Waals surface area contributed by atoms with Gasteiger partial charge in [0.1, 0.15) is 0 Å². The molecule has 0 radical (unpaired) electrons. The summed E-state index contributed by atoms with van der Waals surface area (Å²) in [4.78, 5) is 26.8. The van der Waals surface area contributed by atoms with Crippen molar-refractivity contribution in [1.82, 2.24) is 9.80 Å². The normalized spacial score (nSPS) is 15.2. The zero-order valence-electron chi connectivity index (χ0n) is 13.4. The Morgan fingerprint density at radius 2 is 1.80 bits per heavy atom. The van der Waals surface area contributed by atoms with Gasteiger partial charge in [-0.05, 0) is 36.4 Å². The molecule has 10 heteroatoms. The molecule has 138 valence electrons. The van der Waals surface area contributed by atoms with E-state index in [9.17, 15) is 22.8 Å². The van der Waals surface area contributed by atoms with Gasteiger partial charge in [0.2, 0.25) is 5.91 Å². The van der Waals surface area contributed by atoms with Gasteiger partial charge in [-0.15, -0.1) is 0 Å². The fraction of sp³-hybridized carbons (Fsp3) is 0.467. The van der Waals surface area contributed by atoms with Crippen molar-refractivity contribution in [3.05, 3.63) is 28.8 Å². The summed E-state index contributed by atoms with van der Waals surface area (Å²) in [7, 11) is 0. The van der Waals surface area contributed by atoms with E-state index in [2.05, 4.69) is 5.32 Å². The van der Waals surface area contributed by atoms with Gasteiger partial charge in [-0.1, -0.05) is 17.7 Å². The molecular weight excluding hydrogens is 379 g/mol. The summed E-state index contributed by atoms with van der Waals surface area (Å²) in [6.07, 6.45) is 0. The third-order valence-electron chi connectivity index (χ3n) is 3.70. The smallest absolute Gasteiger partial charge is 0.338 e. The van der Waals surface area contributed by atoms with Crippen LogP contribution < -0.4 is 5.32 Å². The minimum absolute atomic E-state index is 0.208. The second-order valence-corrected chi connectivity index (χ2v) is 6.94. The van der Waals surface area contributed by atoms with Crippen LogP contribution in [0.1, 0.15) is 5.56 Å².